The zero-order chi connectivity index (χ0) is 13.0. The molecule has 4 heteroatoms. The van der Waals surface area contributed by atoms with E-state index in [0.29, 0.717) is 6.04 Å². The summed E-state index contributed by atoms with van der Waals surface area (Å²) in [5, 5.41) is 0. The van der Waals surface area contributed by atoms with E-state index in [9.17, 15) is 0 Å². The molecule has 4 nitrogen and oxygen atoms in total. The summed E-state index contributed by atoms with van der Waals surface area (Å²) >= 11 is 0. The molecule has 0 spiro atoms. The number of rotatable bonds is 4. The van der Waals surface area contributed by atoms with Crippen LogP contribution in [0.3, 0.4) is 0 Å². The molecular formula is C14H26N4. The van der Waals surface area contributed by atoms with Crippen molar-refractivity contribution in [3.05, 3.63) is 18.2 Å². The maximum atomic E-state index is 4.39. The Morgan fingerprint density at radius 2 is 2.06 bits per heavy atom. The molecule has 0 radical (unpaired) electrons. The Hall–Kier alpha value is -0.870. The second kappa shape index (κ2) is 6.34. The van der Waals surface area contributed by atoms with Crippen molar-refractivity contribution in [2.45, 2.75) is 32.7 Å². The third-order valence-corrected chi connectivity index (χ3v) is 3.93. The maximum absolute atomic E-state index is 4.39. The van der Waals surface area contributed by atoms with Crippen molar-refractivity contribution in [1.82, 2.24) is 19.4 Å². The quantitative estimate of drug-likeness (QED) is 0.807. The summed E-state index contributed by atoms with van der Waals surface area (Å²) in [6.45, 7) is 10.6. The first-order valence-electron chi connectivity index (χ1n) is 7.09. The molecule has 102 valence electrons. The van der Waals surface area contributed by atoms with Crippen LogP contribution in [0, 0.1) is 0 Å². The molecule has 1 aliphatic rings. The first-order valence-corrected chi connectivity index (χ1v) is 7.09. The molecular weight excluding hydrogens is 224 g/mol. The highest BCUT2D eigenvalue weighted by molar-refractivity contribution is 4.92. The Balaban J connectivity index is 1.79. The first kappa shape index (κ1) is 13.6. The molecule has 0 aliphatic carbocycles. The SMILES string of the molecule is CC(C)N1CCCN(CCc2nccn2C)CC1. The van der Waals surface area contributed by atoms with Gasteiger partial charge in [-0.1, -0.05) is 0 Å². The Morgan fingerprint density at radius 3 is 2.72 bits per heavy atom. The van der Waals surface area contributed by atoms with Gasteiger partial charge in [0.25, 0.3) is 0 Å². The highest BCUT2D eigenvalue weighted by Gasteiger charge is 2.16. The van der Waals surface area contributed by atoms with Crippen LogP contribution in [-0.2, 0) is 13.5 Å². The summed E-state index contributed by atoms with van der Waals surface area (Å²) in [5.41, 5.74) is 0. The van der Waals surface area contributed by atoms with Gasteiger partial charge in [0, 0.05) is 51.5 Å². The lowest BCUT2D eigenvalue weighted by Gasteiger charge is -2.24. The van der Waals surface area contributed by atoms with E-state index in [1.165, 1.54) is 38.4 Å². The topological polar surface area (TPSA) is 24.3 Å². The highest BCUT2D eigenvalue weighted by Crippen LogP contribution is 2.07. The van der Waals surface area contributed by atoms with Gasteiger partial charge in [0.1, 0.15) is 5.82 Å². The van der Waals surface area contributed by atoms with Gasteiger partial charge < -0.3 is 9.47 Å². The number of nitrogens with zero attached hydrogens (tertiary/aromatic N) is 4. The predicted octanol–water partition coefficient (Wildman–Crippen LogP) is 1.38. The monoisotopic (exact) mass is 250 g/mol. The average Bonchev–Trinajstić information content (AvgIpc) is 2.62. The third-order valence-electron chi connectivity index (χ3n) is 3.93. The van der Waals surface area contributed by atoms with Crippen LogP contribution < -0.4 is 0 Å². The fourth-order valence-corrected chi connectivity index (χ4v) is 2.63. The lowest BCUT2D eigenvalue weighted by Crippen LogP contribution is -2.35. The molecule has 0 unspecified atom stereocenters. The minimum atomic E-state index is 0.680. The number of hydrogen-bond acceptors (Lipinski definition) is 3. The van der Waals surface area contributed by atoms with E-state index in [4.69, 9.17) is 0 Å². The van der Waals surface area contributed by atoms with Gasteiger partial charge in [-0.3, -0.25) is 4.90 Å². The Kier molecular flexibility index (Phi) is 4.78. The minimum absolute atomic E-state index is 0.680. The van der Waals surface area contributed by atoms with Gasteiger partial charge in [-0.05, 0) is 33.4 Å². The van der Waals surface area contributed by atoms with Crippen LogP contribution in [0.1, 0.15) is 26.1 Å². The molecule has 1 fully saturated rings. The normalized spacial score (nSPS) is 19.3. The molecule has 2 rings (SSSR count). The molecule has 1 aliphatic heterocycles. The van der Waals surface area contributed by atoms with E-state index < -0.39 is 0 Å². The van der Waals surface area contributed by atoms with Gasteiger partial charge in [-0.15, -0.1) is 0 Å². The first-order chi connectivity index (χ1) is 8.66. The fraction of sp³-hybridized carbons (Fsp3) is 0.786. The zero-order valence-corrected chi connectivity index (χ0v) is 12.0. The van der Waals surface area contributed by atoms with Crippen molar-refractivity contribution in [3.63, 3.8) is 0 Å². The molecule has 0 amide bonds. The van der Waals surface area contributed by atoms with Gasteiger partial charge in [0.2, 0.25) is 0 Å². The van der Waals surface area contributed by atoms with E-state index in [0.717, 1.165) is 13.0 Å². The molecule has 0 atom stereocenters. The standard InChI is InChI=1S/C14H26N4/c1-13(2)18-8-4-7-17(11-12-18)9-5-14-15-6-10-16(14)3/h6,10,13H,4-5,7-9,11-12H2,1-3H3. The highest BCUT2D eigenvalue weighted by atomic mass is 15.2. The van der Waals surface area contributed by atoms with Crippen molar-refractivity contribution < 1.29 is 0 Å². The molecule has 0 bridgehead atoms. The molecule has 0 saturated carbocycles. The zero-order valence-electron chi connectivity index (χ0n) is 12.0. The smallest absolute Gasteiger partial charge is 0.109 e. The van der Waals surface area contributed by atoms with Crippen LogP contribution in [0.25, 0.3) is 0 Å². The summed E-state index contributed by atoms with van der Waals surface area (Å²) < 4.78 is 2.12. The maximum Gasteiger partial charge on any atom is 0.109 e. The van der Waals surface area contributed by atoms with Crippen LogP contribution in [-0.4, -0.2) is 58.1 Å². The molecule has 2 heterocycles. The predicted molar refractivity (Wildman–Crippen MR) is 74.7 cm³/mol. The molecule has 0 aromatic carbocycles. The van der Waals surface area contributed by atoms with Crippen molar-refractivity contribution in [3.8, 4) is 0 Å². The molecule has 1 saturated heterocycles. The van der Waals surface area contributed by atoms with E-state index in [1.807, 2.05) is 12.4 Å². The van der Waals surface area contributed by atoms with Gasteiger partial charge >= 0.3 is 0 Å². The van der Waals surface area contributed by atoms with Gasteiger partial charge in [-0.25, -0.2) is 4.98 Å². The summed E-state index contributed by atoms with van der Waals surface area (Å²) in [6.07, 6.45) is 6.26. The Bertz CT molecular complexity index is 358. The number of aromatic nitrogens is 2. The second-order valence-electron chi connectivity index (χ2n) is 5.53. The number of hydrogen-bond donors (Lipinski definition) is 0. The third kappa shape index (κ3) is 3.56. The second-order valence-corrected chi connectivity index (χ2v) is 5.53. The van der Waals surface area contributed by atoms with Crippen molar-refractivity contribution in [2.24, 2.45) is 7.05 Å². The summed E-state index contributed by atoms with van der Waals surface area (Å²) in [4.78, 5) is 9.56. The Labute approximate surface area is 111 Å². The summed E-state index contributed by atoms with van der Waals surface area (Å²) in [7, 11) is 2.07. The Morgan fingerprint density at radius 1 is 1.22 bits per heavy atom. The fourth-order valence-electron chi connectivity index (χ4n) is 2.63. The molecule has 1 aromatic rings. The van der Waals surface area contributed by atoms with E-state index in [-0.39, 0.29) is 0 Å². The number of imidazole rings is 1. The van der Waals surface area contributed by atoms with Crippen LogP contribution in [0.2, 0.25) is 0 Å². The van der Waals surface area contributed by atoms with Crippen LogP contribution in [0.15, 0.2) is 12.4 Å². The average molecular weight is 250 g/mol. The van der Waals surface area contributed by atoms with Crippen molar-refractivity contribution in [1.29, 1.82) is 0 Å². The molecule has 18 heavy (non-hydrogen) atoms. The van der Waals surface area contributed by atoms with Crippen molar-refractivity contribution >= 4 is 0 Å². The summed E-state index contributed by atoms with van der Waals surface area (Å²) in [6, 6.07) is 0.680. The van der Waals surface area contributed by atoms with E-state index >= 15 is 0 Å². The van der Waals surface area contributed by atoms with Crippen molar-refractivity contribution in [2.75, 3.05) is 32.7 Å². The minimum Gasteiger partial charge on any atom is -0.338 e. The van der Waals surface area contributed by atoms with E-state index in [2.05, 4.69) is 40.2 Å². The molecule has 0 N–H and O–H groups in total. The van der Waals surface area contributed by atoms with E-state index in [1.54, 1.807) is 0 Å². The molecule has 1 aromatic heterocycles. The summed E-state index contributed by atoms with van der Waals surface area (Å²) in [5.74, 6) is 1.19. The number of aryl methyl sites for hydroxylation is 1. The van der Waals surface area contributed by atoms with Gasteiger partial charge in [0.15, 0.2) is 0 Å². The van der Waals surface area contributed by atoms with Crippen LogP contribution in [0.5, 0.6) is 0 Å². The lowest BCUT2D eigenvalue weighted by atomic mass is 10.3. The van der Waals surface area contributed by atoms with Crippen LogP contribution in [0.4, 0.5) is 0 Å². The van der Waals surface area contributed by atoms with Crippen LogP contribution >= 0.6 is 0 Å². The largest absolute Gasteiger partial charge is 0.338 e. The lowest BCUT2D eigenvalue weighted by molar-refractivity contribution is 0.220. The van der Waals surface area contributed by atoms with Gasteiger partial charge in [0.05, 0.1) is 0 Å². The van der Waals surface area contributed by atoms with Gasteiger partial charge in [-0.2, -0.15) is 0 Å².